The molecule has 2 amide bonds. The van der Waals surface area contributed by atoms with Gasteiger partial charge in [-0.2, -0.15) is 0 Å². The fraction of sp³-hybridized carbons (Fsp3) is 0.294. The molecule has 0 aliphatic carbocycles. The molecule has 1 radical (unpaired) electrons. The number of hydrogen-bond donors (Lipinski definition) is 2. The molecule has 2 aliphatic rings. The zero-order valence-electron chi connectivity index (χ0n) is 36.3. The molecule has 2 atom stereocenters. The largest absolute Gasteiger partial charge is 0.486 e. The summed E-state index contributed by atoms with van der Waals surface area (Å²) in [6.07, 6.45) is 3.05. The zero-order chi connectivity index (χ0) is 44.7. The fourth-order valence-corrected chi connectivity index (χ4v) is 9.02. The van der Waals surface area contributed by atoms with E-state index in [0.717, 1.165) is 53.8 Å². The first-order chi connectivity index (χ1) is 31.1. The monoisotopic (exact) mass is 873 g/mol. The standard InChI is InChI=1S/C51H51BClN6O5/c1-4-34(26-33-10-8-11-37(27-33)35-22-24-58(25-23-35)51(62)39-13-9-12-38(28-39)42-14-6-7-15-44(42)52-63)47(60)31-64-41-20-21-46-43(29-41)49(36-16-18-40(53)19-17-36)55-45(30-48(61)54-5-2)50-57-56-32(3)59(46)50/h6-21,27-29,34-35,45,63H,4-5,22-26,30-31H2,1-3H3,(H,54,61). The van der Waals surface area contributed by atoms with Crippen LogP contribution in [-0.2, 0) is 16.0 Å². The van der Waals surface area contributed by atoms with Gasteiger partial charge in [0.05, 0.1) is 17.8 Å². The molecule has 11 nitrogen and oxygen atoms in total. The van der Waals surface area contributed by atoms with E-state index < -0.39 is 6.04 Å². The van der Waals surface area contributed by atoms with E-state index in [1.165, 1.54) is 5.56 Å². The lowest BCUT2D eigenvalue weighted by Crippen LogP contribution is -2.38. The minimum absolute atomic E-state index is 0.00804. The molecule has 0 saturated carbocycles. The van der Waals surface area contributed by atoms with Crippen LogP contribution in [0.4, 0.5) is 0 Å². The van der Waals surface area contributed by atoms with Crippen LogP contribution in [0.1, 0.15) is 95.8 Å². The second kappa shape index (κ2) is 20.0. The van der Waals surface area contributed by atoms with E-state index in [0.29, 0.717) is 77.6 Å². The maximum atomic E-state index is 13.9. The Balaban J connectivity index is 0.931. The van der Waals surface area contributed by atoms with Gasteiger partial charge < -0.3 is 20.0 Å². The molecule has 1 aromatic heterocycles. The second-order valence-corrected chi connectivity index (χ2v) is 16.9. The van der Waals surface area contributed by atoms with Gasteiger partial charge in [0.25, 0.3) is 5.91 Å². The number of piperidine rings is 1. The Hall–Kier alpha value is -6.37. The summed E-state index contributed by atoms with van der Waals surface area (Å²) >= 11 is 6.29. The lowest BCUT2D eigenvalue weighted by molar-refractivity contribution is -0.125. The molecule has 1 saturated heterocycles. The highest BCUT2D eigenvalue weighted by Gasteiger charge is 2.31. The Morgan fingerprint density at radius 1 is 0.875 bits per heavy atom. The molecule has 8 rings (SSSR count). The van der Waals surface area contributed by atoms with Gasteiger partial charge in [0.1, 0.15) is 24.2 Å². The van der Waals surface area contributed by atoms with Crippen LogP contribution in [0.15, 0.2) is 120 Å². The molecule has 0 spiro atoms. The first-order valence-electron chi connectivity index (χ1n) is 22.0. The van der Waals surface area contributed by atoms with Crippen LogP contribution in [0.25, 0.3) is 16.8 Å². The molecule has 1 fully saturated rings. The summed E-state index contributed by atoms with van der Waals surface area (Å²) in [5.41, 5.74) is 8.42. The summed E-state index contributed by atoms with van der Waals surface area (Å²) in [7, 11) is 1.09. The van der Waals surface area contributed by atoms with Crippen LogP contribution in [0, 0.1) is 12.8 Å². The van der Waals surface area contributed by atoms with Gasteiger partial charge in [-0.05, 0) is 116 Å². The number of benzene rings is 5. The number of rotatable bonds is 15. The Labute approximate surface area is 379 Å². The van der Waals surface area contributed by atoms with Gasteiger partial charge in [-0.3, -0.25) is 23.9 Å². The van der Waals surface area contributed by atoms with Crippen molar-refractivity contribution in [2.24, 2.45) is 10.9 Å². The number of amides is 2. The number of Topliss-reactive ketones (excluding diaryl/α,β-unsaturated/α-hetero) is 1. The lowest BCUT2D eigenvalue weighted by atomic mass is 9.82. The normalized spacial score (nSPS) is 15.3. The summed E-state index contributed by atoms with van der Waals surface area (Å²) in [5, 5.41) is 22.0. The Kier molecular flexibility index (Phi) is 13.8. The Bertz CT molecular complexity index is 2690. The maximum Gasteiger partial charge on any atom is 0.327 e. The minimum atomic E-state index is -0.603. The quantitative estimate of drug-likeness (QED) is 0.101. The molecule has 3 heterocycles. The third-order valence-corrected chi connectivity index (χ3v) is 12.6. The topological polar surface area (TPSA) is 139 Å². The number of aliphatic imine (C=N–C) groups is 1. The third-order valence-electron chi connectivity index (χ3n) is 12.3. The average Bonchev–Trinajstić information content (AvgIpc) is 3.65. The number of halogens is 1. The number of aromatic nitrogens is 3. The van der Waals surface area contributed by atoms with Gasteiger partial charge in [0, 0.05) is 47.3 Å². The number of nitrogens with one attached hydrogen (secondary N) is 1. The van der Waals surface area contributed by atoms with Gasteiger partial charge in [-0.1, -0.05) is 91.3 Å². The molecule has 5 aromatic carbocycles. The lowest BCUT2D eigenvalue weighted by Gasteiger charge is -2.32. The summed E-state index contributed by atoms with van der Waals surface area (Å²) in [5.74, 6) is 1.68. The van der Waals surface area contributed by atoms with E-state index in [1.807, 2.05) is 121 Å². The van der Waals surface area contributed by atoms with Crippen LogP contribution in [0.3, 0.4) is 0 Å². The molecule has 2 unspecified atom stereocenters. The fourth-order valence-electron chi connectivity index (χ4n) is 8.89. The number of ether oxygens (including phenoxy) is 1. The molecule has 2 N–H and O–H groups in total. The SMILES string of the molecule is CCNC(=O)CC1N=C(c2ccc(Cl)cc2)c2cc(OCC(=O)C(CC)Cc3cccc(C4CCN(C(=O)c5cccc(-c6ccccc6[B]O)c5)CC4)c3)ccc2-n2c(C)nnc21. The van der Waals surface area contributed by atoms with Crippen LogP contribution in [0.2, 0.25) is 5.02 Å². The summed E-state index contributed by atoms with van der Waals surface area (Å²) in [4.78, 5) is 47.5. The summed E-state index contributed by atoms with van der Waals surface area (Å²) in [6, 6.07) is 36.2. The average molecular weight is 874 g/mol. The molecular weight excluding hydrogens is 823 g/mol. The van der Waals surface area contributed by atoms with E-state index in [9.17, 15) is 19.4 Å². The van der Waals surface area contributed by atoms with E-state index in [2.05, 4.69) is 39.8 Å². The highest BCUT2D eigenvalue weighted by molar-refractivity contribution is 6.48. The van der Waals surface area contributed by atoms with Gasteiger partial charge in [0.2, 0.25) is 5.91 Å². The van der Waals surface area contributed by atoms with Crippen LogP contribution < -0.4 is 15.5 Å². The van der Waals surface area contributed by atoms with Crippen molar-refractivity contribution < 1.29 is 24.1 Å². The molecule has 64 heavy (non-hydrogen) atoms. The van der Waals surface area contributed by atoms with Crippen LogP contribution >= 0.6 is 11.6 Å². The highest BCUT2D eigenvalue weighted by atomic mass is 35.5. The van der Waals surface area contributed by atoms with E-state index in [1.54, 1.807) is 0 Å². The Morgan fingerprint density at radius 2 is 1.66 bits per heavy atom. The van der Waals surface area contributed by atoms with Crippen LogP contribution in [-0.4, -0.2) is 81.7 Å². The molecule has 6 aromatic rings. The number of nitrogens with zero attached hydrogens (tertiary/aromatic N) is 5. The third kappa shape index (κ3) is 9.73. The number of carbonyl (C=O) groups is 3. The van der Waals surface area contributed by atoms with Crippen molar-refractivity contribution in [1.29, 1.82) is 0 Å². The van der Waals surface area contributed by atoms with Gasteiger partial charge in [-0.15, -0.1) is 10.2 Å². The minimum Gasteiger partial charge on any atom is -0.486 e. The predicted molar refractivity (Wildman–Crippen MR) is 251 cm³/mol. The molecule has 2 aliphatic heterocycles. The van der Waals surface area contributed by atoms with E-state index in [4.69, 9.17) is 21.3 Å². The predicted octanol–water partition coefficient (Wildman–Crippen LogP) is 7.79. The first kappa shape index (κ1) is 44.3. The van der Waals surface area contributed by atoms with Crippen molar-refractivity contribution in [3.8, 4) is 22.6 Å². The number of likely N-dealkylation sites (tertiary alicyclic amines) is 1. The smallest absolute Gasteiger partial charge is 0.327 e. The van der Waals surface area contributed by atoms with Crippen molar-refractivity contribution in [2.45, 2.75) is 64.8 Å². The Morgan fingerprint density at radius 3 is 2.42 bits per heavy atom. The zero-order valence-corrected chi connectivity index (χ0v) is 37.1. The highest BCUT2D eigenvalue weighted by Crippen LogP contribution is 2.35. The summed E-state index contributed by atoms with van der Waals surface area (Å²) in [6.45, 7) is 7.49. The van der Waals surface area contributed by atoms with Crippen molar-refractivity contribution in [2.75, 3.05) is 26.2 Å². The number of fused-ring (bicyclic) bond motifs is 3. The molecular formula is C51H51BClN6O5. The van der Waals surface area contributed by atoms with Crippen molar-refractivity contribution in [1.82, 2.24) is 25.0 Å². The van der Waals surface area contributed by atoms with Gasteiger partial charge >= 0.3 is 7.48 Å². The van der Waals surface area contributed by atoms with Gasteiger partial charge in [-0.25, -0.2) is 0 Å². The first-order valence-corrected chi connectivity index (χ1v) is 22.4. The van der Waals surface area contributed by atoms with Crippen molar-refractivity contribution in [3.63, 3.8) is 0 Å². The number of ketones is 1. The molecule has 13 heteroatoms. The van der Waals surface area contributed by atoms with Crippen LogP contribution in [0.5, 0.6) is 5.75 Å². The number of aryl methyl sites for hydroxylation is 1. The number of carbonyl (C=O) groups excluding carboxylic acids is 3. The molecule has 325 valence electrons. The van der Waals surface area contributed by atoms with Crippen molar-refractivity contribution in [3.05, 3.63) is 160 Å². The number of hydrogen-bond acceptors (Lipinski definition) is 8. The van der Waals surface area contributed by atoms with Gasteiger partial charge in [0.15, 0.2) is 11.6 Å². The maximum absolute atomic E-state index is 13.9. The van der Waals surface area contributed by atoms with E-state index >= 15 is 0 Å². The van der Waals surface area contributed by atoms with E-state index in [-0.39, 0.29) is 36.5 Å². The summed E-state index contributed by atoms with van der Waals surface area (Å²) < 4.78 is 8.20. The molecule has 0 bridgehead atoms. The van der Waals surface area contributed by atoms with Crippen molar-refractivity contribution >= 4 is 47.9 Å². The second-order valence-electron chi connectivity index (χ2n) is 16.5.